The van der Waals surface area contributed by atoms with Crippen LogP contribution in [0.3, 0.4) is 0 Å². The molecule has 0 spiro atoms. The summed E-state index contributed by atoms with van der Waals surface area (Å²) in [6.07, 6.45) is 3.63. The number of carbonyl (C=O) groups excluding carboxylic acids is 1. The number of carbonyl (C=O) groups is 1. The molecule has 2 fully saturated rings. The molecule has 0 bridgehead atoms. The van der Waals surface area contributed by atoms with Gasteiger partial charge in [-0.05, 0) is 19.4 Å². The van der Waals surface area contributed by atoms with Gasteiger partial charge in [-0.25, -0.2) is 0 Å². The van der Waals surface area contributed by atoms with Crippen LogP contribution in [-0.4, -0.2) is 29.8 Å². The van der Waals surface area contributed by atoms with Crippen LogP contribution >= 0.6 is 0 Å². The van der Waals surface area contributed by atoms with E-state index in [-0.39, 0.29) is 0 Å². The van der Waals surface area contributed by atoms with E-state index in [9.17, 15) is 4.79 Å². The number of rotatable bonds is 1. The molecule has 0 saturated carbocycles. The highest BCUT2D eigenvalue weighted by atomic mass is 16.1. The zero-order valence-electron chi connectivity index (χ0n) is 4.71. The predicted molar refractivity (Wildman–Crippen MR) is 29.6 cm³/mol. The molecule has 0 aromatic carbocycles. The molecule has 2 nitrogen and oxygen atoms in total. The third-order valence-electron chi connectivity index (χ3n) is 2.17. The maximum absolute atomic E-state index is 10.1. The van der Waals surface area contributed by atoms with Crippen LogP contribution in [0, 0.1) is 0 Å². The number of fused-ring (bicyclic) bond motifs is 1. The molecule has 2 heteroatoms. The Morgan fingerprint density at radius 2 is 2.50 bits per heavy atom. The number of piperidine rings is 1. The van der Waals surface area contributed by atoms with Gasteiger partial charge in [-0.1, -0.05) is 0 Å². The minimum Gasteiger partial charge on any atom is -0.302 e. The summed E-state index contributed by atoms with van der Waals surface area (Å²) in [5.41, 5.74) is 0. The van der Waals surface area contributed by atoms with Gasteiger partial charge in [0.15, 0.2) is 0 Å². The van der Waals surface area contributed by atoms with Gasteiger partial charge in [-0.15, -0.1) is 0 Å². The zero-order chi connectivity index (χ0) is 5.56. The Kier molecular flexibility index (Phi) is 0.742. The van der Waals surface area contributed by atoms with Crippen molar-refractivity contribution >= 4 is 6.29 Å². The smallest absolute Gasteiger partial charge is 0.138 e. The molecular weight excluding hydrogens is 102 g/mol. The van der Waals surface area contributed by atoms with Crippen molar-refractivity contribution in [1.29, 1.82) is 0 Å². The fourth-order valence-corrected chi connectivity index (χ4v) is 1.66. The van der Waals surface area contributed by atoms with Crippen molar-refractivity contribution < 1.29 is 4.79 Å². The molecule has 0 aromatic heterocycles. The molecule has 0 aliphatic carbocycles. The van der Waals surface area contributed by atoms with Gasteiger partial charge in [-0.2, -0.15) is 0 Å². The van der Waals surface area contributed by atoms with Gasteiger partial charge in [0.2, 0.25) is 0 Å². The first-order valence-electron chi connectivity index (χ1n) is 3.14. The minimum absolute atomic E-state index is 0.323. The van der Waals surface area contributed by atoms with E-state index in [1.807, 2.05) is 0 Å². The average molecular weight is 111 g/mol. The van der Waals surface area contributed by atoms with Crippen molar-refractivity contribution in [2.75, 3.05) is 6.54 Å². The van der Waals surface area contributed by atoms with Crippen molar-refractivity contribution in [2.45, 2.75) is 24.9 Å². The summed E-state index contributed by atoms with van der Waals surface area (Å²) in [5, 5.41) is 0. The monoisotopic (exact) mass is 111 g/mol. The predicted octanol–water partition coefficient (Wildman–Crippen LogP) is 0.0319. The van der Waals surface area contributed by atoms with E-state index >= 15 is 0 Å². The second-order valence-electron chi connectivity index (χ2n) is 2.57. The summed E-state index contributed by atoms with van der Waals surface area (Å²) in [6.45, 7) is 1.16. The summed E-state index contributed by atoms with van der Waals surface area (Å²) in [5.74, 6) is 0. The van der Waals surface area contributed by atoms with Gasteiger partial charge in [-0.3, -0.25) is 4.90 Å². The lowest BCUT2D eigenvalue weighted by Crippen LogP contribution is -2.03. The summed E-state index contributed by atoms with van der Waals surface area (Å²) in [4.78, 5) is 12.4. The van der Waals surface area contributed by atoms with Crippen LogP contribution in [-0.2, 0) is 4.79 Å². The molecule has 2 aliphatic heterocycles. The van der Waals surface area contributed by atoms with Crippen molar-refractivity contribution in [3.05, 3.63) is 0 Å². The topological polar surface area (TPSA) is 20.1 Å². The fraction of sp³-hybridized carbons (Fsp3) is 0.833. The highest BCUT2D eigenvalue weighted by Gasteiger charge is 2.49. The SMILES string of the molecule is O=CC1C2CCCN12. The Balaban J connectivity index is 2.03. The highest BCUT2D eigenvalue weighted by molar-refractivity contribution is 5.64. The van der Waals surface area contributed by atoms with E-state index in [1.54, 1.807) is 0 Å². The minimum atomic E-state index is 0.323. The van der Waals surface area contributed by atoms with Crippen LogP contribution in [0.4, 0.5) is 0 Å². The average Bonchev–Trinajstić information content (AvgIpc) is 2.22. The lowest BCUT2D eigenvalue weighted by molar-refractivity contribution is -0.108. The largest absolute Gasteiger partial charge is 0.302 e. The maximum atomic E-state index is 10.1. The van der Waals surface area contributed by atoms with Crippen LogP contribution in [0.15, 0.2) is 0 Å². The van der Waals surface area contributed by atoms with Gasteiger partial charge in [0.05, 0.1) is 6.04 Å². The molecule has 44 valence electrons. The first-order chi connectivity index (χ1) is 3.93. The van der Waals surface area contributed by atoms with Gasteiger partial charge in [0.25, 0.3) is 0 Å². The summed E-state index contributed by atoms with van der Waals surface area (Å²) in [6, 6.07) is 0.983. The summed E-state index contributed by atoms with van der Waals surface area (Å²) >= 11 is 0. The van der Waals surface area contributed by atoms with E-state index in [1.165, 1.54) is 12.8 Å². The number of nitrogens with zero attached hydrogens (tertiary/aromatic N) is 1. The maximum Gasteiger partial charge on any atom is 0.138 e. The van der Waals surface area contributed by atoms with Crippen LogP contribution < -0.4 is 0 Å². The lowest BCUT2D eigenvalue weighted by Gasteiger charge is -1.90. The Hall–Kier alpha value is -0.370. The zero-order valence-corrected chi connectivity index (χ0v) is 4.71. The third-order valence-corrected chi connectivity index (χ3v) is 2.17. The first-order valence-corrected chi connectivity index (χ1v) is 3.14. The second kappa shape index (κ2) is 1.32. The Bertz CT molecular complexity index is 114. The molecule has 2 rings (SSSR count). The van der Waals surface area contributed by atoms with Crippen molar-refractivity contribution in [2.24, 2.45) is 0 Å². The summed E-state index contributed by atoms with van der Waals surface area (Å²) < 4.78 is 0. The van der Waals surface area contributed by atoms with Crippen molar-refractivity contribution in [1.82, 2.24) is 4.90 Å². The van der Waals surface area contributed by atoms with Gasteiger partial charge in [0, 0.05) is 6.04 Å². The Morgan fingerprint density at radius 1 is 1.62 bits per heavy atom. The quantitative estimate of drug-likeness (QED) is 0.351. The lowest BCUT2D eigenvalue weighted by atomic mass is 10.2. The van der Waals surface area contributed by atoms with Crippen molar-refractivity contribution in [3.63, 3.8) is 0 Å². The molecule has 2 saturated heterocycles. The molecule has 8 heavy (non-hydrogen) atoms. The van der Waals surface area contributed by atoms with Gasteiger partial charge >= 0.3 is 0 Å². The summed E-state index contributed by atoms with van der Waals surface area (Å²) in [7, 11) is 0. The normalized spacial score (nSPS) is 50.8. The van der Waals surface area contributed by atoms with Crippen LogP contribution in [0.5, 0.6) is 0 Å². The third kappa shape index (κ3) is 0.388. The first kappa shape index (κ1) is 4.50. The Morgan fingerprint density at radius 3 is 2.88 bits per heavy atom. The molecule has 0 aromatic rings. The van der Waals surface area contributed by atoms with Gasteiger partial charge in [0.1, 0.15) is 6.29 Å². The second-order valence-corrected chi connectivity index (χ2v) is 2.57. The molecule has 0 amide bonds. The van der Waals surface area contributed by atoms with Crippen molar-refractivity contribution in [3.8, 4) is 0 Å². The molecular formula is C6H9NO. The molecule has 3 unspecified atom stereocenters. The van der Waals surface area contributed by atoms with Crippen LogP contribution in [0.25, 0.3) is 0 Å². The van der Waals surface area contributed by atoms with E-state index in [0.29, 0.717) is 12.1 Å². The van der Waals surface area contributed by atoms with Crippen LogP contribution in [0.2, 0.25) is 0 Å². The van der Waals surface area contributed by atoms with E-state index in [4.69, 9.17) is 0 Å². The van der Waals surface area contributed by atoms with Crippen LogP contribution in [0.1, 0.15) is 12.8 Å². The molecule has 2 heterocycles. The number of hydrogen-bond donors (Lipinski definition) is 0. The fourth-order valence-electron chi connectivity index (χ4n) is 1.66. The number of aldehydes is 1. The molecule has 0 radical (unpaired) electrons. The molecule has 0 N–H and O–H groups in total. The van der Waals surface area contributed by atoms with E-state index in [2.05, 4.69) is 4.90 Å². The van der Waals surface area contributed by atoms with Gasteiger partial charge < -0.3 is 4.79 Å². The molecule has 3 atom stereocenters. The Labute approximate surface area is 48.5 Å². The van der Waals surface area contributed by atoms with E-state index < -0.39 is 0 Å². The van der Waals surface area contributed by atoms with E-state index in [0.717, 1.165) is 12.8 Å². The molecule has 2 aliphatic rings. The number of hydrogen-bond acceptors (Lipinski definition) is 2. The standard InChI is InChI=1S/C6H9NO/c8-4-6-5-2-1-3-7(5)6/h4-6H,1-3H2. The highest BCUT2D eigenvalue weighted by Crippen LogP contribution is 2.36.